The quantitative estimate of drug-likeness (QED) is 0.314. The van der Waals surface area contributed by atoms with Gasteiger partial charge < -0.3 is 14.0 Å². The molecule has 0 spiro atoms. The van der Waals surface area contributed by atoms with Crippen molar-refractivity contribution >= 4 is 22.6 Å². The summed E-state index contributed by atoms with van der Waals surface area (Å²) in [4.78, 5) is 4.77. The molecule has 5 heteroatoms. The average Bonchev–Trinajstić information content (AvgIpc) is 3.11. The maximum atomic E-state index is 6.21. The van der Waals surface area contributed by atoms with Crippen molar-refractivity contribution in [3.63, 3.8) is 0 Å². The molecule has 0 saturated heterocycles. The second kappa shape index (κ2) is 9.48. The third-order valence-electron chi connectivity index (χ3n) is 4.72. The van der Waals surface area contributed by atoms with Gasteiger partial charge in [-0.1, -0.05) is 54.1 Å². The first-order valence-corrected chi connectivity index (χ1v) is 10.2. The van der Waals surface area contributed by atoms with E-state index in [4.69, 9.17) is 26.1 Å². The lowest BCUT2D eigenvalue weighted by Gasteiger charge is -2.11. The van der Waals surface area contributed by atoms with Crippen molar-refractivity contribution in [3.8, 4) is 11.5 Å². The molecule has 0 saturated carbocycles. The Morgan fingerprint density at radius 1 is 0.793 bits per heavy atom. The Bertz CT molecular complexity index is 1060. The molecule has 0 radical (unpaired) electrons. The van der Waals surface area contributed by atoms with Gasteiger partial charge >= 0.3 is 0 Å². The first kappa shape index (κ1) is 19.3. The molecule has 4 rings (SSSR count). The van der Waals surface area contributed by atoms with E-state index in [0.717, 1.165) is 42.0 Å². The smallest absolute Gasteiger partial charge is 0.147 e. The predicted octanol–water partition coefficient (Wildman–Crippen LogP) is 6.13. The van der Waals surface area contributed by atoms with Crippen LogP contribution in [0.4, 0.5) is 0 Å². The van der Waals surface area contributed by atoms with Crippen LogP contribution in [0.3, 0.4) is 0 Å². The molecule has 0 aliphatic carbocycles. The summed E-state index contributed by atoms with van der Waals surface area (Å²) in [5, 5.41) is 0.605. The number of halogens is 1. The van der Waals surface area contributed by atoms with Crippen molar-refractivity contribution < 1.29 is 9.47 Å². The highest BCUT2D eigenvalue weighted by atomic mass is 35.5. The number of unbranched alkanes of at least 4 members (excludes halogenated alkanes) is 1. The van der Waals surface area contributed by atoms with Gasteiger partial charge in [-0.3, -0.25) is 0 Å². The van der Waals surface area contributed by atoms with Crippen LogP contribution >= 0.6 is 11.6 Å². The number of benzene rings is 3. The normalized spacial score (nSPS) is 10.9. The van der Waals surface area contributed by atoms with Crippen LogP contribution in [0.15, 0.2) is 78.9 Å². The number of para-hydroxylation sites is 4. The van der Waals surface area contributed by atoms with Crippen molar-refractivity contribution in [1.82, 2.24) is 9.55 Å². The van der Waals surface area contributed by atoms with Gasteiger partial charge in [0, 0.05) is 6.54 Å². The molecule has 0 aliphatic heterocycles. The summed E-state index contributed by atoms with van der Waals surface area (Å²) in [6, 6.07) is 25.6. The molecule has 0 aliphatic rings. The van der Waals surface area contributed by atoms with Crippen LogP contribution in [0.1, 0.15) is 18.7 Å². The second-order valence-electron chi connectivity index (χ2n) is 6.76. The topological polar surface area (TPSA) is 36.3 Å². The molecule has 1 aromatic heterocycles. The van der Waals surface area contributed by atoms with Crippen molar-refractivity contribution in [2.45, 2.75) is 26.0 Å². The Labute approximate surface area is 175 Å². The maximum Gasteiger partial charge on any atom is 0.147 e. The molecule has 0 fully saturated rings. The number of aromatic nitrogens is 2. The molecule has 4 aromatic rings. The van der Waals surface area contributed by atoms with Gasteiger partial charge in [0.25, 0.3) is 0 Å². The van der Waals surface area contributed by atoms with Crippen LogP contribution in [-0.2, 0) is 13.2 Å². The van der Waals surface area contributed by atoms with Gasteiger partial charge in [-0.15, -0.1) is 0 Å². The first-order valence-electron chi connectivity index (χ1n) is 9.80. The summed E-state index contributed by atoms with van der Waals surface area (Å²) in [5.41, 5.74) is 2.10. The summed E-state index contributed by atoms with van der Waals surface area (Å²) in [5.74, 6) is 2.48. The minimum absolute atomic E-state index is 0.374. The van der Waals surface area contributed by atoms with E-state index in [9.17, 15) is 0 Å². The Morgan fingerprint density at radius 2 is 1.55 bits per heavy atom. The van der Waals surface area contributed by atoms with Crippen LogP contribution in [0.25, 0.3) is 11.0 Å². The van der Waals surface area contributed by atoms with Crippen molar-refractivity contribution in [3.05, 3.63) is 89.7 Å². The van der Waals surface area contributed by atoms with E-state index in [1.54, 1.807) is 0 Å². The number of nitrogens with zero attached hydrogens (tertiary/aromatic N) is 2. The molecule has 0 bridgehead atoms. The number of aryl methyl sites for hydroxylation is 1. The van der Waals surface area contributed by atoms with Gasteiger partial charge in [0.2, 0.25) is 0 Å². The van der Waals surface area contributed by atoms with Crippen LogP contribution in [-0.4, -0.2) is 16.2 Å². The van der Waals surface area contributed by atoms with Crippen LogP contribution < -0.4 is 9.47 Å². The van der Waals surface area contributed by atoms with Gasteiger partial charge in [0.1, 0.15) is 23.9 Å². The summed E-state index contributed by atoms with van der Waals surface area (Å²) in [6.45, 7) is 1.93. The van der Waals surface area contributed by atoms with E-state index >= 15 is 0 Å². The van der Waals surface area contributed by atoms with Gasteiger partial charge in [0.05, 0.1) is 22.7 Å². The lowest BCUT2D eigenvalue weighted by atomic mass is 10.3. The largest absolute Gasteiger partial charge is 0.494 e. The Kier molecular flexibility index (Phi) is 6.32. The highest BCUT2D eigenvalue weighted by Gasteiger charge is 2.11. The second-order valence-corrected chi connectivity index (χ2v) is 7.16. The van der Waals surface area contributed by atoms with Gasteiger partial charge in [-0.05, 0) is 49.2 Å². The zero-order valence-electron chi connectivity index (χ0n) is 16.1. The van der Waals surface area contributed by atoms with Gasteiger partial charge in [-0.25, -0.2) is 4.98 Å². The van der Waals surface area contributed by atoms with Crippen LogP contribution in [0, 0.1) is 0 Å². The zero-order valence-corrected chi connectivity index (χ0v) is 16.9. The van der Waals surface area contributed by atoms with E-state index < -0.39 is 0 Å². The third-order valence-corrected chi connectivity index (χ3v) is 5.03. The van der Waals surface area contributed by atoms with E-state index in [1.165, 1.54) is 0 Å². The van der Waals surface area contributed by atoms with Gasteiger partial charge in [0.15, 0.2) is 0 Å². The first-order chi connectivity index (χ1) is 14.3. The molecule has 0 unspecified atom stereocenters. The molecule has 29 heavy (non-hydrogen) atoms. The molecule has 148 valence electrons. The predicted molar refractivity (Wildman–Crippen MR) is 117 cm³/mol. The van der Waals surface area contributed by atoms with Crippen LogP contribution in [0.2, 0.25) is 5.02 Å². The Morgan fingerprint density at radius 3 is 2.41 bits per heavy atom. The molecular formula is C24H23ClN2O2. The highest BCUT2D eigenvalue weighted by Crippen LogP contribution is 2.25. The number of hydrogen-bond acceptors (Lipinski definition) is 3. The summed E-state index contributed by atoms with van der Waals surface area (Å²) in [6.07, 6.45) is 1.96. The van der Waals surface area contributed by atoms with Crippen molar-refractivity contribution in [1.29, 1.82) is 0 Å². The van der Waals surface area contributed by atoms with E-state index in [-0.39, 0.29) is 0 Å². The number of rotatable bonds is 9. The molecule has 0 atom stereocenters. The van der Waals surface area contributed by atoms with Crippen LogP contribution in [0.5, 0.6) is 11.5 Å². The van der Waals surface area contributed by atoms with E-state index in [2.05, 4.69) is 10.6 Å². The summed E-state index contributed by atoms with van der Waals surface area (Å²) >= 11 is 6.21. The lowest BCUT2D eigenvalue weighted by Crippen LogP contribution is -2.09. The number of hydrogen-bond donors (Lipinski definition) is 0. The SMILES string of the molecule is Clc1ccccc1OCc1nc2ccccc2n1CCCCOc1ccccc1. The number of fused-ring (bicyclic) bond motifs is 1. The Hall–Kier alpha value is -2.98. The van der Waals surface area contributed by atoms with Gasteiger partial charge in [-0.2, -0.15) is 0 Å². The van der Waals surface area contributed by atoms with E-state index in [1.807, 2.05) is 72.8 Å². The molecule has 0 N–H and O–H groups in total. The highest BCUT2D eigenvalue weighted by molar-refractivity contribution is 6.32. The lowest BCUT2D eigenvalue weighted by molar-refractivity contribution is 0.285. The maximum absolute atomic E-state index is 6.21. The monoisotopic (exact) mass is 406 g/mol. The molecule has 3 aromatic carbocycles. The number of ether oxygens (including phenoxy) is 2. The fourth-order valence-corrected chi connectivity index (χ4v) is 3.46. The molecule has 0 amide bonds. The fourth-order valence-electron chi connectivity index (χ4n) is 3.27. The summed E-state index contributed by atoms with van der Waals surface area (Å²) in [7, 11) is 0. The van der Waals surface area contributed by atoms with E-state index in [0.29, 0.717) is 24.0 Å². The zero-order chi connectivity index (χ0) is 19.9. The number of imidazole rings is 1. The Balaban J connectivity index is 1.40. The minimum Gasteiger partial charge on any atom is -0.494 e. The summed E-state index contributed by atoms with van der Waals surface area (Å²) < 4.78 is 14.0. The standard InChI is InChI=1S/C24H23ClN2O2/c25-20-12-4-7-15-23(20)29-18-24-26-21-13-5-6-14-22(21)27(24)16-8-9-17-28-19-10-2-1-3-11-19/h1-7,10-15H,8-9,16-18H2. The average molecular weight is 407 g/mol. The third kappa shape index (κ3) is 4.90. The minimum atomic E-state index is 0.374. The van der Waals surface area contributed by atoms with Crippen molar-refractivity contribution in [2.24, 2.45) is 0 Å². The molecule has 1 heterocycles. The fraction of sp³-hybridized carbons (Fsp3) is 0.208. The molecule has 4 nitrogen and oxygen atoms in total. The van der Waals surface area contributed by atoms with Crippen molar-refractivity contribution in [2.75, 3.05) is 6.61 Å². The molecular weight excluding hydrogens is 384 g/mol.